The molecular formula is C14H29N3O2S. The minimum Gasteiger partial charge on any atom is -0.314 e. The molecule has 118 valence electrons. The standard InChI is InChI=1S/C14H29N3O2S/c1-2-17-20(18,19)11-10-16-13-7-4-3-6-12(13)14-8-5-9-15-14/h12-17H,2-11H2,1H3. The van der Waals surface area contributed by atoms with Crippen LogP contribution in [0.5, 0.6) is 0 Å². The lowest BCUT2D eigenvalue weighted by atomic mass is 9.79. The fourth-order valence-electron chi connectivity index (χ4n) is 3.64. The van der Waals surface area contributed by atoms with Gasteiger partial charge in [-0.3, -0.25) is 0 Å². The summed E-state index contributed by atoms with van der Waals surface area (Å²) in [6.07, 6.45) is 7.60. The lowest BCUT2D eigenvalue weighted by Crippen LogP contribution is -2.48. The van der Waals surface area contributed by atoms with Crippen LogP contribution in [-0.4, -0.2) is 45.9 Å². The van der Waals surface area contributed by atoms with Crippen LogP contribution in [0.1, 0.15) is 45.4 Å². The molecule has 1 aliphatic carbocycles. The van der Waals surface area contributed by atoms with Crippen molar-refractivity contribution in [1.82, 2.24) is 15.4 Å². The number of hydrogen-bond donors (Lipinski definition) is 3. The van der Waals surface area contributed by atoms with Gasteiger partial charge in [-0.25, -0.2) is 13.1 Å². The zero-order valence-corrected chi connectivity index (χ0v) is 13.3. The van der Waals surface area contributed by atoms with Gasteiger partial charge in [-0.1, -0.05) is 19.8 Å². The Hall–Kier alpha value is -0.170. The van der Waals surface area contributed by atoms with E-state index >= 15 is 0 Å². The van der Waals surface area contributed by atoms with Crippen LogP contribution in [0.3, 0.4) is 0 Å². The average molecular weight is 303 g/mol. The Morgan fingerprint density at radius 2 is 1.95 bits per heavy atom. The molecular weight excluding hydrogens is 274 g/mol. The fraction of sp³-hybridized carbons (Fsp3) is 1.00. The van der Waals surface area contributed by atoms with E-state index in [9.17, 15) is 8.42 Å². The van der Waals surface area contributed by atoms with Gasteiger partial charge in [0.15, 0.2) is 0 Å². The molecule has 2 aliphatic rings. The maximum Gasteiger partial charge on any atom is 0.212 e. The molecule has 2 rings (SSSR count). The Kier molecular flexibility index (Phi) is 6.26. The van der Waals surface area contributed by atoms with Gasteiger partial charge < -0.3 is 10.6 Å². The van der Waals surface area contributed by atoms with Crippen molar-refractivity contribution in [1.29, 1.82) is 0 Å². The summed E-state index contributed by atoms with van der Waals surface area (Å²) < 4.78 is 25.8. The van der Waals surface area contributed by atoms with Gasteiger partial charge in [0.1, 0.15) is 0 Å². The predicted octanol–water partition coefficient (Wildman–Crippen LogP) is 0.826. The minimum atomic E-state index is -3.10. The normalized spacial score (nSPS) is 31.6. The zero-order valence-electron chi connectivity index (χ0n) is 12.5. The minimum absolute atomic E-state index is 0.183. The van der Waals surface area contributed by atoms with Crippen LogP contribution in [0.25, 0.3) is 0 Å². The average Bonchev–Trinajstić information content (AvgIpc) is 2.93. The van der Waals surface area contributed by atoms with Crippen LogP contribution in [0, 0.1) is 5.92 Å². The van der Waals surface area contributed by atoms with Crippen molar-refractivity contribution in [3.63, 3.8) is 0 Å². The molecule has 1 saturated heterocycles. The van der Waals surface area contributed by atoms with E-state index in [1.54, 1.807) is 0 Å². The van der Waals surface area contributed by atoms with E-state index in [0.29, 0.717) is 31.1 Å². The summed E-state index contributed by atoms with van der Waals surface area (Å²) in [7, 11) is -3.10. The van der Waals surface area contributed by atoms with E-state index in [1.165, 1.54) is 38.5 Å². The molecule has 3 unspecified atom stereocenters. The van der Waals surface area contributed by atoms with E-state index in [1.807, 2.05) is 6.92 Å². The molecule has 0 spiro atoms. The van der Waals surface area contributed by atoms with E-state index in [-0.39, 0.29) is 5.75 Å². The van der Waals surface area contributed by atoms with Crippen molar-refractivity contribution >= 4 is 10.0 Å². The van der Waals surface area contributed by atoms with Gasteiger partial charge in [0.25, 0.3) is 0 Å². The Balaban J connectivity index is 1.80. The third-order valence-electron chi connectivity index (χ3n) is 4.58. The van der Waals surface area contributed by atoms with Crippen LogP contribution in [0.2, 0.25) is 0 Å². The first-order valence-corrected chi connectivity index (χ1v) is 9.71. The second-order valence-electron chi connectivity index (χ2n) is 6.03. The number of hydrogen-bond acceptors (Lipinski definition) is 4. The summed E-state index contributed by atoms with van der Waals surface area (Å²) in [6.45, 7) is 3.99. The Bertz CT molecular complexity index is 380. The Morgan fingerprint density at radius 3 is 2.65 bits per heavy atom. The molecule has 20 heavy (non-hydrogen) atoms. The highest BCUT2D eigenvalue weighted by Gasteiger charge is 2.32. The predicted molar refractivity (Wildman–Crippen MR) is 82.2 cm³/mol. The molecule has 1 saturated carbocycles. The summed E-state index contributed by atoms with van der Waals surface area (Å²) in [6, 6.07) is 1.12. The van der Waals surface area contributed by atoms with Crippen LogP contribution in [0.4, 0.5) is 0 Å². The summed E-state index contributed by atoms with van der Waals surface area (Å²) in [5.74, 6) is 0.857. The molecule has 0 aromatic carbocycles. The Labute approximate surface area is 123 Å². The van der Waals surface area contributed by atoms with Crippen LogP contribution >= 0.6 is 0 Å². The fourth-order valence-corrected chi connectivity index (χ4v) is 4.61. The zero-order chi connectivity index (χ0) is 14.4. The number of rotatable bonds is 7. The molecule has 0 radical (unpaired) electrons. The van der Waals surface area contributed by atoms with Gasteiger partial charge in [-0.2, -0.15) is 0 Å². The van der Waals surface area contributed by atoms with Gasteiger partial charge in [0.05, 0.1) is 5.75 Å². The van der Waals surface area contributed by atoms with E-state index in [2.05, 4.69) is 15.4 Å². The maximum atomic E-state index is 11.6. The molecule has 6 heteroatoms. The van der Waals surface area contributed by atoms with Gasteiger partial charge in [-0.05, 0) is 38.1 Å². The van der Waals surface area contributed by atoms with Crippen molar-refractivity contribution in [2.75, 3.05) is 25.4 Å². The van der Waals surface area contributed by atoms with Crippen molar-refractivity contribution in [2.45, 2.75) is 57.5 Å². The molecule has 1 aliphatic heterocycles. The molecule has 0 amide bonds. The van der Waals surface area contributed by atoms with E-state index in [4.69, 9.17) is 0 Å². The van der Waals surface area contributed by atoms with Crippen LogP contribution < -0.4 is 15.4 Å². The monoisotopic (exact) mass is 303 g/mol. The van der Waals surface area contributed by atoms with Gasteiger partial charge in [-0.15, -0.1) is 0 Å². The summed E-state index contributed by atoms with van der Waals surface area (Å²) >= 11 is 0. The molecule has 2 fully saturated rings. The van der Waals surface area contributed by atoms with Gasteiger partial charge in [0.2, 0.25) is 10.0 Å². The second kappa shape index (κ2) is 7.73. The molecule has 3 N–H and O–H groups in total. The summed E-state index contributed by atoms with van der Waals surface area (Å²) in [4.78, 5) is 0. The van der Waals surface area contributed by atoms with Gasteiger partial charge in [0, 0.05) is 25.2 Å². The lowest BCUT2D eigenvalue weighted by Gasteiger charge is -2.36. The molecule has 5 nitrogen and oxygen atoms in total. The SMILES string of the molecule is CCNS(=O)(=O)CCNC1CCCCC1C1CCCN1. The third-order valence-corrected chi connectivity index (χ3v) is 6.05. The molecule has 0 bridgehead atoms. The van der Waals surface area contributed by atoms with Crippen molar-refractivity contribution in [3.8, 4) is 0 Å². The largest absolute Gasteiger partial charge is 0.314 e. The highest BCUT2D eigenvalue weighted by Crippen LogP contribution is 2.30. The third kappa shape index (κ3) is 4.69. The maximum absolute atomic E-state index is 11.6. The lowest BCUT2D eigenvalue weighted by molar-refractivity contribution is 0.217. The smallest absolute Gasteiger partial charge is 0.212 e. The van der Waals surface area contributed by atoms with E-state index < -0.39 is 10.0 Å². The molecule has 0 aromatic heterocycles. The second-order valence-corrected chi connectivity index (χ2v) is 7.95. The molecule has 0 aromatic rings. The summed E-state index contributed by atoms with van der Waals surface area (Å²) in [5, 5.41) is 7.12. The van der Waals surface area contributed by atoms with Gasteiger partial charge >= 0.3 is 0 Å². The molecule has 3 atom stereocenters. The highest BCUT2D eigenvalue weighted by atomic mass is 32.2. The topological polar surface area (TPSA) is 70.2 Å². The first-order chi connectivity index (χ1) is 9.62. The quantitative estimate of drug-likeness (QED) is 0.651. The summed E-state index contributed by atoms with van der Waals surface area (Å²) in [5.41, 5.74) is 0. The van der Waals surface area contributed by atoms with E-state index in [0.717, 1.165) is 6.54 Å². The van der Waals surface area contributed by atoms with Crippen molar-refractivity contribution in [3.05, 3.63) is 0 Å². The van der Waals surface area contributed by atoms with Crippen molar-refractivity contribution in [2.24, 2.45) is 5.92 Å². The van der Waals surface area contributed by atoms with Crippen molar-refractivity contribution < 1.29 is 8.42 Å². The van der Waals surface area contributed by atoms with Crippen LogP contribution in [0.15, 0.2) is 0 Å². The van der Waals surface area contributed by atoms with Crippen LogP contribution in [-0.2, 0) is 10.0 Å². The molecule has 1 heterocycles. The number of sulfonamides is 1. The number of nitrogens with one attached hydrogen (secondary N) is 3. The Morgan fingerprint density at radius 1 is 1.15 bits per heavy atom. The first-order valence-electron chi connectivity index (χ1n) is 8.06. The highest BCUT2D eigenvalue weighted by molar-refractivity contribution is 7.89. The first kappa shape index (κ1) is 16.2.